The Balaban J connectivity index is 2.17. The molecule has 1 aromatic carbocycles. The van der Waals surface area contributed by atoms with Crippen molar-refractivity contribution in [3.63, 3.8) is 0 Å². The van der Waals surface area contributed by atoms with Crippen LogP contribution in [0.5, 0.6) is 0 Å². The van der Waals surface area contributed by atoms with E-state index in [0.29, 0.717) is 5.56 Å². The van der Waals surface area contributed by atoms with Crippen LogP contribution < -0.4 is 10.6 Å². The van der Waals surface area contributed by atoms with E-state index in [4.69, 9.17) is 0 Å². The van der Waals surface area contributed by atoms with E-state index in [0.717, 1.165) is 25.9 Å². The first-order chi connectivity index (χ1) is 10.8. The lowest BCUT2D eigenvalue weighted by Crippen LogP contribution is -2.42. The van der Waals surface area contributed by atoms with Crippen LogP contribution in [0.2, 0.25) is 0 Å². The van der Waals surface area contributed by atoms with E-state index in [-0.39, 0.29) is 22.9 Å². The fourth-order valence-electron chi connectivity index (χ4n) is 2.48. The molecule has 2 N–H and O–H groups in total. The Morgan fingerprint density at radius 1 is 1.30 bits per heavy atom. The number of amides is 1. The van der Waals surface area contributed by atoms with Crippen molar-refractivity contribution in [3.05, 3.63) is 29.8 Å². The third-order valence-corrected chi connectivity index (χ3v) is 6.20. The lowest BCUT2D eigenvalue weighted by atomic mass is 10.1. The molecule has 1 fully saturated rings. The first-order valence-corrected chi connectivity index (χ1v) is 9.36. The van der Waals surface area contributed by atoms with Gasteiger partial charge in [-0.2, -0.15) is 4.31 Å². The molecule has 0 aliphatic carbocycles. The van der Waals surface area contributed by atoms with Crippen LogP contribution in [0.4, 0.5) is 0 Å². The second-order valence-corrected chi connectivity index (χ2v) is 8.14. The van der Waals surface area contributed by atoms with Gasteiger partial charge in [0.2, 0.25) is 10.0 Å². The number of rotatable bonds is 5. The number of nitrogens with zero attached hydrogens (tertiary/aromatic N) is 1. The molecule has 1 aliphatic rings. The van der Waals surface area contributed by atoms with Crippen molar-refractivity contribution in [1.82, 2.24) is 14.9 Å². The van der Waals surface area contributed by atoms with Gasteiger partial charge in [0.25, 0.3) is 5.91 Å². The maximum Gasteiger partial charge on any atom is 0.251 e. The molecular weight excluding hydrogens is 314 g/mol. The first-order valence-electron chi connectivity index (χ1n) is 7.92. The normalized spacial score (nSPS) is 16.7. The lowest BCUT2D eigenvalue weighted by molar-refractivity contribution is 0.0929. The highest BCUT2D eigenvalue weighted by Gasteiger charge is 2.24. The summed E-state index contributed by atoms with van der Waals surface area (Å²) in [4.78, 5) is 12.5. The maximum atomic E-state index is 12.5. The van der Waals surface area contributed by atoms with Crippen LogP contribution in [0.25, 0.3) is 0 Å². The first kappa shape index (κ1) is 17.9. The summed E-state index contributed by atoms with van der Waals surface area (Å²) in [5, 5.41) is 6.22. The van der Waals surface area contributed by atoms with E-state index in [9.17, 15) is 13.2 Å². The number of hydrogen-bond acceptors (Lipinski definition) is 4. The van der Waals surface area contributed by atoms with E-state index in [1.54, 1.807) is 19.2 Å². The zero-order valence-corrected chi connectivity index (χ0v) is 14.7. The summed E-state index contributed by atoms with van der Waals surface area (Å²) >= 11 is 0. The fraction of sp³-hybridized carbons (Fsp3) is 0.562. The second-order valence-electron chi connectivity index (χ2n) is 6.14. The number of carbonyl (C=O) groups is 1. The topological polar surface area (TPSA) is 78.5 Å². The van der Waals surface area contributed by atoms with E-state index < -0.39 is 10.0 Å². The highest BCUT2D eigenvalue weighted by molar-refractivity contribution is 7.89. The zero-order valence-electron chi connectivity index (χ0n) is 13.9. The highest BCUT2D eigenvalue weighted by atomic mass is 32.2. The average molecular weight is 339 g/mol. The molecule has 0 saturated carbocycles. The molecule has 1 saturated heterocycles. The van der Waals surface area contributed by atoms with Crippen molar-refractivity contribution >= 4 is 15.9 Å². The molecule has 1 heterocycles. The van der Waals surface area contributed by atoms with Crippen LogP contribution in [-0.4, -0.2) is 50.9 Å². The molecular formula is C16H25N3O3S. The number of benzene rings is 1. The Morgan fingerprint density at radius 2 is 1.96 bits per heavy atom. The molecule has 0 aromatic heterocycles. The smallest absolute Gasteiger partial charge is 0.251 e. The fourth-order valence-corrected chi connectivity index (χ4v) is 3.89. The molecule has 7 heteroatoms. The predicted octanol–water partition coefficient (Wildman–Crippen LogP) is 1.20. The summed E-state index contributed by atoms with van der Waals surface area (Å²) < 4.78 is 26.4. The minimum absolute atomic E-state index is 0.141. The molecule has 0 unspecified atom stereocenters. The van der Waals surface area contributed by atoms with Gasteiger partial charge in [-0.3, -0.25) is 4.79 Å². The largest absolute Gasteiger partial charge is 0.349 e. The van der Waals surface area contributed by atoms with Gasteiger partial charge in [0, 0.05) is 24.7 Å². The van der Waals surface area contributed by atoms with Crippen molar-refractivity contribution in [3.8, 4) is 0 Å². The average Bonchev–Trinajstić information content (AvgIpc) is 2.55. The summed E-state index contributed by atoms with van der Waals surface area (Å²) in [6.07, 6.45) is 1.78. The lowest BCUT2D eigenvalue weighted by Gasteiger charge is -2.24. The Morgan fingerprint density at radius 3 is 2.57 bits per heavy atom. The predicted molar refractivity (Wildman–Crippen MR) is 89.9 cm³/mol. The van der Waals surface area contributed by atoms with E-state index in [1.807, 2.05) is 13.8 Å². The Labute approximate surface area is 138 Å². The monoisotopic (exact) mass is 339 g/mol. The van der Waals surface area contributed by atoms with Gasteiger partial charge in [0.1, 0.15) is 0 Å². The van der Waals surface area contributed by atoms with Gasteiger partial charge in [-0.15, -0.1) is 0 Å². The summed E-state index contributed by atoms with van der Waals surface area (Å²) in [6, 6.07) is 6.22. The number of piperidine rings is 1. The van der Waals surface area contributed by atoms with Gasteiger partial charge in [-0.1, -0.05) is 6.07 Å². The minimum atomic E-state index is -3.58. The van der Waals surface area contributed by atoms with Crippen LogP contribution in [-0.2, 0) is 10.0 Å². The van der Waals surface area contributed by atoms with Crippen molar-refractivity contribution in [2.45, 2.75) is 43.7 Å². The summed E-state index contributed by atoms with van der Waals surface area (Å²) in [7, 11) is -2.04. The van der Waals surface area contributed by atoms with Crippen molar-refractivity contribution < 1.29 is 13.2 Å². The summed E-state index contributed by atoms with van der Waals surface area (Å²) in [5.74, 6) is -0.221. The van der Waals surface area contributed by atoms with E-state index in [1.165, 1.54) is 16.4 Å². The second kappa shape index (κ2) is 7.42. The van der Waals surface area contributed by atoms with Crippen molar-refractivity contribution in [1.29, 1.82) is 0 Å². The molecule has 1 aliphatic heterocycles. The Hall–Kier alpha value is -1.44. The number of nitrogens with one attached hydrogen (secondary N) is 2. The van der Waals surface area contributed by atoms with E-state index >= 15 is 0 Å². The SMILES string of the molecule is CC(C)N(C)S(=O)(=O)c1cccc(C(=O)NC2CCNCC2)c1. The van der Waals surface area contributed by atoms with Crippen LogP contribution in [0.1, 0.15) is 37.0 Å². The molecule has 2 rings (SSSR count). The van der Waals surface area contributed by atoms with Gasteiger partial charge < -0.3 is 10.6 Å². The molecule has 23 heavy (non-hydrogen) atoms. The third kappa shape index (κ3) is 4.31. The van der Waals surface area contributed by atoms with Crippen molar-refractivity contribution in [2.24, 2.45) is 0 Å². The minimum Gasteiger partial charge on any atom is -0.349 e. The molecule has 1 aromatic rings. The third-order valence-electron chi connectivity index (χ3n) is 4.17. The van der Waals surface area contributed by atoms with Gasteiger partial charge in [0.05, 0.1) is 4.90 Å². The quantitative estimate of drug-likeness (QED) is 0.845. The van der Waals surface area contributed by atoms with Crippen LogP contribution in [0, 0.1) is 0 Å². The molecule has 6 nitrogen and oxygen atoms in total. The molecule has 0 radical (unpaired) electrons. The van der Waals surface area contributed by atoms with Gasteiger partial charge in [0.15, 0.2) is 0 Å². The van der Waals surface area contributed by atoms with Crippen LogP contribution in [0.15, 0.2) is 29.2 Å². The summed E-state index contributed by atoms with van der Waals surface area (Å²) in [5.41, 5.74) is 0.377. The van der Waals surface area contributed by atoms with Gasteiger partial charge in [-0.05, 0) is 58.0 Å². The molecule has 0 spiro atoms. The highest BCUT2D eigenvalue weighted by Crippen LogP contribution is 2.18. The van der Waals surface area contributed by atoms with Gasteiger partial charge >= 0.3 is 0 Å². The summed E-state index contributed by atoms with van der Waals surface area (Å²) in [6.45, 7) is 5.40. The van der Waals surface area contributed by atoms with Gasteiger partial charge in [-0.25, -0.2) is 8.42 Å². The molecule has 0 bridgehead atoms. The van der Waals surface area contributed by atoms with Crippen LogP contribution >= 0.6 is 0 Å². The molecule has 1 amide bonds. The zero-order chi connectivity index (χ0) is 17.0. The molecule has 0 atom stereocenters. The van der Waals surface area contributed by atoms with Crippen LogP contribution in [0.3, 0.4) is 0 Å². The maximum absolute atomic E-state index is 12.5. The molecule has 128 valence electrons. The van der Waals surface area contributed by atoms with E-state index in [2.05, 4.69) is 10.6 Å². The Kier molecular flexibility index (Phi) is 5.78. The number of sulfonamides is 1. The van der Waals surface area contributed by atoms with Crippen molar-refractivity contribution in [2.75, 3.05) is 20.1 Å². The Bertz CT molecular complexity index is 652. The number of hydrogen-bond donors (Lipinski definition) is 2. The standard InChI is InChI=1S/C16H25N3O3S/c1-12(2)19(3)23(21,22)15-6-4-5-13(11-15)16(20)18-14-7-9-17-10-8-14/h4-6,11-12,14,17H,7-10H2,1-3H3,(H,18,20). The number of carbonyl (C=O) groups excluding carboxylic acids is 1.